The lowest BCUT2D eigenvalue weighted by atomic mass is 10.1. The van der Waals surface area contributed by atoms with E-state index >= 15 is 0 Å². The van der Waals surface area contributed by atoms with Crippen LogP contribution < -0.4 is 4.90 Å². The van der Waals surface area contributed by atoms with Gasteiger partial charge in [0.1, 0.15) is 11.5 Å². The van der Waals surface area contributed by atoms with Gasteiger partial charge in [-0.05, 0) is 42.6 Å². The van der Waals surface area contributed by atoms with Gasteiger partial charge in [-0.15, -0.1) is 0 Å². The fourth-order valence-electron chi connectivity index (χ4n) is 3.78. The van der Waals surface area contributed by atoms with Crippen molar-refractivity contribution in [3.63, 3.8) is 0 Å². The molecule has 3 aromatic carbocycles. The first-order valence-electron chi connectivity index (χ1n) is 10.7. The molecule has 1 amide bonds. The van der Waals surface area contributed by atoms with Crippen molar-refractivity contribution in [2.75, 3.05) is 11.5 Å². The van der Waals surface area contributed by atoms with E-state index in [0.29, 0.717) is 32.9 Å². The van der Waals surface area contributed by atoms with Gasteiger partial charge >= 0.3 is 5.97 Å². The summed E-state index contributed by atoms with van der Waals surface area (Å²) in [4.78, 5) is 27.2. The van der Waals surface area contributed by atoms with E-state index in [2.05, 4.69) is 0 Å². The van der Waals surface area contributed by atoms with E-state index in [9.17, 15) is 9.59 Å². The van der Waals surface area contributed by atoms with Gasteiger partial charge < -0.3 is 9.15 Å². The maximum atomic E-state index is 13.3. The summed E-state index contributed by atoms with van der Waals surface area (Å²) in [6.45, 7) is 2.10. The maximum Gasteiger partial charge on any atom is 0.338 e. The molecule has 1 saturated heterocycles. The zero-order chi connectivity index (χ0) is 23.7. The number of hydrogen-bond donors (Lipinski definition) is 0. The number of benzene rings is 3. The van der Waals surface area contributed by atoms with Crippen LogP contribution in [0.1, 0.15) is 23.0 Å². The number of anilines is 1. The largest absolute Gasteiger partial charge is 0.462 e. The van der Waals surface area contributed by atoms with Crippen molar-refractivity contribution in [3.05, 3.63) is 95.1 Å². The number of amides is 1. The summed E-state index contributed by atoms with van der Waals surface area (Å²) in [5, 5.41) is 2.01. The van der Waals surface area contributed by atoms with E-state index in [1.54, 1.807) is 48.2 Å². The SMILES string of the molecule is CCOC(=O)c1ccc(-c2ccc(/C=C3\SC(=S)N(c4cccc5ccccc45)C3=O)o2)cc1. The number of carbonyl (C=O) groups excluding carboxylic acids is 2. The summed E-state index contributed by atoms with van der Waals surface area (Å²) in [7, 11) is 0. The third-order valence-electron chi connectivity index (χ3n) is 5.38. The molecule has 0 radical (unpaired) electrons. The number of nitrogens with zero attached hydrogens (tertiary/aromatic N) is 1. The minimum atomic E-state index is -0.359. The Bertz CT molecular complexity index is 1450. The topological polar surface area (TPSA) is 59.8 Å². The van der Waals surface area contributed by atoms with Crippen LogP contribution in [0.25, 0.3) is 28.2 Å². The molecule has 5 nitrogen and oxygen atoms in total. The summed E-state index contributed by atoms with van der Waals surface area (Å²) in [6.07, 6.45) is 1.71. The Morgan fingerprint density at radius 1 is 1.03 bits per heavy atom. The fraction of sp³-hybridized carbons (Fsp3) is 0.0741. The molecule has 34 heavy (non-hydrogen) atoms. The molecule has 0 N–H and O–H groups in total. The highest BCUT2D eigenvalue weighted by Crippen LogP contribution is 2.39. The summed E-state index contributed by atoms with van der Waals surface area (Å²) < 4.78 is 11.5. The highest BCUT2D eigenvalue weighted by Gasteiger charge is 2.34. The maximum absolute atomic E-state index is 13.3. The quantitative estimate of drug-likeness (QED) is 0.178. The van der Waals surface area contributed by atoms with Gasteiger partial charge in [-0.3, -0.25) is 9.69 Å². The molecule has 0 bridgehead atoms. The molecular formula is C27H19NO4S2. The highest BCUT2D eigenvalue weighted by atomic mass is 32.2. The smallest absolute Gasteiger partial charge is 0.338 e. The second kappa shape index (κ2) is 9.29. The van der Waals surface area contributed by atoms with Crippen molar-refractivity contribution in [2.45, 2.75) is 6.92 Å². The second-order valence-electron chi connectivity index (χ2n) is 7.52. The molecule has 0 atom stereocenters. The summed E-state index contributed by atoms with van der Waals surface area (Å²) >= 11 is 6.80. The number of esters is 1. The summed E-state index contributed by atoms with van der Waals surface area (Å²) in [5.74, 6) is 0.638. The van der Waals surface area contributed by atoms with Crippen LogP contribution in [-0.2, 0) is 9.53 Å². The molecule has 168 valence electrons. The molecule has 4 aromatic rings. The number of hydrogen-bond acceptors (Lipinski definition) is 6. The van der Waals surface area contributed by atoms with E-state index < -0.39 is 0 Å². The minimum absolute atomic E-state index is 0.178. The molecule has 5 rings (SSSR count). The number of rotatable bonds is 5. The Balaban J connectivity index is 1.39. The number of furan rings is 1. The zero-order valence-electron chi connectivity index (χ0n) is 18.2. The number of fused-ring (bicyclic) bond motifs is 1. The number of thiocarbonyl (C=S) groups is 1. The molecular weight excluding hydrogens is 466 g/mol. The van der Waals surface area contributed by atoms with E-state index in [4.69, 9.17) is 21.4 Å². The Labute approximate surface area is 206 Å². The third-order valence-corrected chi connectivity index (χ3v) is 6.68. The first-order chi connectivity index (χ1) is 16.5. The van der Waals surface area contributed by atoms with Crippen LogP contribution in [-0.4, -0.2) is 22.8 Å². The molecule has 0 unspecified atom stereocenters. The average molecular weight is 486 g/mol. The lowest BCUT2D eigenvalue weighted by molar-refractivity contribution is -0.113. The molecule has 1 aliphatic heterocycles. The Hall–Kier alpha value is -3.68. The van der Waals surface area contributed by atoms with Crippen LogP contribution in [0.2, 0.25) is 0 Å². The standard InChI is InChI=1S/C27H19NO4S2/c1-2-31-26(30)19-12-10-18(11-13-19)23-15-14-20(32-23)16-24-25(29)28(27(33)34-24)22-9-5-7-17-6-3-4-8-21(17)22/h3-16H,2H2,1H3/b24-16-. The van der Waals surface area contributed by atoms with Crippen LogP contribution in [0.3, 0.4) is 0 Å². The van der Waals surface area contributed by atoms with Gasteiger partial charge in [0.15, 0.2) is 4.32 Å². The zero-order valence-corrected chi connectivity index (χ0v) is 19.8. The van der Waals surface area contributed by atoms with Crippen molar-refractivity contribution >= 4 is 62.7 Å². The van der Waals surface area contributed by atoms with Gasteiger partial charge in [0, 0.05) is 17.0 Å². The van der Waals surface area contributed by atoms with Crippen molar-refractivity contribution in [3.8, 4) is 11.3 Å². The number of thioether (sulfide) groups is 1. The molecule has 1 aliphatic rings. The second-order valence-corrected chi connectivity index (χ2v) is 9.19. The van der Waals surface area contributed by atoms with Crippen molar-refractivity contribution in [1.82, 2.24) is 0 Å². The van der Waals surface area contributed by atoms with E-state index in [1.807, 2.05) is 48.5 Å². The van der Waals surface area contributed by atoms with Crippen LogP contribution in [0.5, 0.6) is 0 Å². The molecule has 0 spiro atoms. The number of ether oxygens (including phenoxy) is 1. The summed E-state index contributed by atoms with van der Waals surface area (Å²) in [6, 6.07) is 24.4. The van der Waals surface area contributed by atoms with E-state index in [0.717, 1.165) is 22.0 Å². The number of carbonyl (C=O) groups is 2. The first kappa shape index (κ1) is 22.1. The monoisotopic (exact) mass is 485 g/mol. The molecule has 2 heterocycles. The Kier molecular flexibility index (Phi) is 6.04. The Morgan fingerprint density at radius 3 is 2.59 bits per heavy atom. The Morgan fingerprint density at radius 2 is 1.79 bits per heavy atom. The van der Waals surface area contributed by atoms with Gasteiger partial charge in [0.25, 0.3) is 5.91 Å². The summed E-state index contributed by atoms with van der Waals surface area (Å²) in [5.41, 5.74) is 2.07. The van der Waals surface area contributed by atoms with Crippen molar-refractivity contribution in [2.24, 2.45) is 0 Å². The van der Waals surface area contributed by atoms with Gasteiger partial charge in [-0.2, -0.15) is 0 Å². The van der Waals surface area contributed by atoms with Crippen LogP contribution in [0.15, 0.2) is 88.2 Å². The van der Waals surface area contributed by atoms with Crippen molar-refractivity contribution < 1.29 is 18.7 Å². The lowest BCUT2D eigenvalue weighted by Crippen LogP contribution is -2.27. The molecule has 1 aromatic heterocycles. The molecule has 7 heteroatoms. The van der Waals surface area contributed by atoms with Gasteiger partial charge in [-0.25, -0.2) is 4.79 Å². The van der Waals surface area contributed by atoms with Gasteiger partial charge in [0.2, 0.25) is 0 Å². The highest BCUT2D eigenvalue weighted by molar-refractivity contribution is 8.27. The molecule has 0 saturated carbocycles. The third kappa shape index (κ3) is 4.16. The van der Waals surface area contributed by atoms with E-state index in [1.165, 1.54) is 11.8 Å². The predicted molar refractivity (Wildman–Crippen MR) is 140 cm³/mol. The van der Waals surface area contributed by atoms with Gasteiger partial charge in [-0.1, -0.05) is 72.5 Å². The molecule has 0 aliphatic carbocycles. The fourth-order valence-corrected chi connectivity index (χ4v) is 5.04. The van der Waals surface area contributed by atoms with Crippen LogP contribution in [0.4, 0.5) is 5.69 Å². The average Bonchev–Trinajstić information content (AvgIpc) is 3.43. The normalized spacial score (nSPS) is 14.9. The predicted octanol–water partition coefficient (Wildman–Crippen LogP) is 6.68. The molecule has 1 fully saturated rings. The lowest BCUT2D eigenvalue weighted by Gasteiger charge is -2.17. The van der Waals surface area contributed by atoms with Crippen LogP contribution >= 0.6 is 24.0 Å². The van der Waals surface area contributed by atoms with E-state index in [-0.39, 0.29) is 11.9 Å². The first-order valence-corrected chi connectivity index (χ1v) is 11.9. The minimum Gasteiger partial charge on any atom is -0.462 e. The van der Waals surface area contributed by atoms with Crippen molar-refractivity contribution in [1.29, 1.82) is 0 Å². The van der Waals surface area contributed by atoms with Crippen LogP contribution in [0, 0.1) is 0 Å². The van der Waals surface area contributed by atoms with Gasteiger partial charge in [0.05, 0.1) is 22.8 Å².